The number of allylic oxidation sites excluding steroid dienone is 1. The van der Waals surface area contributed by atoms with E-state index in [0.29, 0.717) is 0 Å². The highest BCUT2D eigenvalue weighted by Crippen LogP contribution is 1.73. The molecule has 0 radical (unpaired) electrons. The summed E-state index contributed by atoms with van der Waals surface area (Å²) in [6.07, 6.45) is 0. The third kappa shape index (κ3) is 14.1. The van der Waals surface area contributed by atoms with Crippen molar-refractivity contribution in [1.82, 2.24) is 0 Å². The van der Waals surface area contributed by atoms with Crippen LogP contribution < -0.4 is 0 Å². The van der Waals surface area contributed by atoms with E-state index in [-0.39, 0.29) is 0 Å². The molecule has 0 aliphatic rings. The van der Waals surface area contributed by atoms with E-state index in [0.717, 1.165) is 0 Å². The van der Waals surface area contributed by atoms with Gasteiger partial charge in [-0.3, -0.25) is 0 Å². The van der Waals surface area contributed by atoms with Crippen molar-refractivity contribution < 1.29 is 0 Å². The van der Waals surface area contributed by atoms with Crippen LogP contribution in [0.1, 0.15) is 13.8 Å². The summed E-state index contributed by atoms with van der Waals surface area (Å²) in [7, 11) is 0. The van der Waals surface area contributed by atoms with Gasteiger partial charge in [-0.25, -0.2) is 0 Å². The third-order valence-electron chi connectivity index (χ3n) is 0. The minimum Gasteiger partial charge on any atom is -0.100 e. The molecule has 0 heterocycles. The second-order valence-corrected chi connectivity index (χ2v) is 1.21. The average Bonchev–Trinajstić information content (AvgIpc) is 0.811. The van der Waals surface area contributed by atoms with Crippen LogP contribution in [0.2, 0.25) is 0 Å². The summed E-state index contributed by atoms with van der Waals surface area (Å²) in [6, 6.07) is 0. The van der Waals surface area contributed by atoms with Gasteiger partial charge in [-0.2, -0.15) is 0 Å². The van der Waals surface area contributed by atoms with Crippen molar-refractivity contribution in [2.75, 3.05) is 0 Å². The maximum atomic E-state index is 3.56. The van der Waals surface area contributed by atoms with E-state index in [1.54, 1.807) is 0 Å². The summed E-state index contributed by atoms with van der Waals surface area (Å²) in [4.78, 5) is 0. The molecule has 0 atom stereocenters. The molecule has 0 aromatic rings. The van der Waals surface area contributed by atoms with Crippen LogP contribution in [0, 0.1) is 0 Å². The van der Waals surface area contributed by atoms with Crippen molar-refractivity contribution >= 4 is 0 Å². The second kappa shape index (κ2) is 1.10. The zero-order valence-electron chi connectivity index (χ0n) is 3.21. The molecule has 4 heavy (non-hydrogen) atoms. The van der Waals surface area contributed by atoms with E-state index < -0.39 is 0 Å². The molecular weight excluding hydrogens is 49.0 g/mol. The lowest BCUT2D eigenvalue weighted by Gasteiger charge is -1.65. The fraction of sp³-hybridized carbons (Fsp3) is 0.500. The van der Waals surface area contributed by atoms with Crippen molar-refractivity contribution in [2.24, 2.45) is 0 Å². The van der Waals surface area contributed by atoms with Gasteiger partial charge >= 0.3 is 0 Å². The van der Waals surface area contributed by atoms with Crippen molar-refractivity contribution in [3.8, 4) is 0 Å². The topological polar surface area (TPSA) is 0 Å². The largest absolute Gasteiger partial charge is 0.100 e. The highest BCUT2D eigenvalue weighted by Gasteiger charge is 1.51. The fourth-order valence-electron chi connectivity index (χ4n) is 0. The second-order valence-electron chi connectivity index (χ2n) is 1.21. The molecule has 0 heteroatoms. The zero-order valence-corrected chi connectivity index (χ0v) is 3.21. The lowest BCUT2D eigenvalue weighted by Crippen LogP contribution is -1.43. The first-order chi connectivity index (χ1) is 1.73. The van der Waals surface area contributed by atoms with Crippen molar-refractivity contribution in [2.45, 2.75) is 13.8 Å². The molecule has 0 amide bonds. The summed E-state index contributed by atoms with van der Waals surface area (Å²) in [5, 5.41) is 0. The van der Waals surface area contributed by atoms with E-state index >= 15 is 0 Å². The predicted octanol–water partition coefficient (Wildman–Crippen LogP) is 1.58. The Morgan fingerprint density at radius 3 is 1.50 bits per heavy atom. The first kappa shape index (κ1) is 3.74. The Labute approximate surface area is 27.1 Å². The molecule has 0 bridgehead atoms. The van der Waals surface area contributed by atoms with Gasteiger partial charge in [-0.1, -0.05) is 5.57 Å². The van der Waals surface area contributed by atoms with Crippen LogP contribution in [0.25, 0.3) is 0 Å². The minimum atomic E-state index is 1.17. The Morgan fingerprint density at radius 1 is 1.50 bits per heavy atom. The Bertz CT molecular complexity index is 23.0. The zero-order chi connectivity index (χ0) is 3.58. The van der Waals surface area contributed by atoms with Crippen LogP contribution in [0.4, 0.5) is 0 Å². The SMILES string of the molecule is C=C(C)[13CH3]. The van der Waals surface area contributed by atoms with Crippen LogP contribution in [0.15, 0.2) is 12.2 Å². The van der Waals surface area contributed by atoms with Gasteiger partial charge in [0.1, 0.15) is 0 Å². The quantitative estimate of drug-likeness (QED) is 0.292. The van der Waals surface area contributed by atoms with Crippen LogP contribution in [-0.4, -0.2) is 0 Å². The Morgan fingerprint density at radius 2 is 1.50 bits per heavy atom. The molecule has 0 aromatic carbocycles. The average molecular weight is 57.1 g/mol. The van der Waals surface area contributed by atoms with Gasteiger partial charge in [0.05, 0.1) is 0 Å². The van der Waals surface area contributed by atoms with Gasteiger partial charge in [-0.05, 0) is 13.8 Å². The molecule has 0 aliphatic heterocycles. The summed E-state index contributed by atoms with van der Waals surface area (Å²) < 4.78 is 0. The normalized spacial score (nSPS) is 6.50. The van der Waals surface area contributed by atoms with E-state index in [2.05, 4.69) is 6.58 Å². The van der Waals surface area contributed by atoms with E-state index in [1.807, 2.05) is 13.8 Å². The molecule has 0 spiro atoms. The summed E-state index contributed by atoms with van der Waals surface area (Å²) >= 11 is 0. The molecule has 0 saturated carbocycles. The lowest BCUT2D eigenvalue weighted by atomic mass is 10.6. The highest BCUT2D eigenvalue weighted by molar-refractivity contribution is 4.78. The molecule has 0 aliphatic carbocycles. The monoisotopic (exact) mass is 57.1 g/mol. The molecular formula is C4H8. The third-order valence-corrected chi connectivity index (χ3v) is 0. The number of hydrogen-bond acceptors (Lipinski definition) is 0. The van der Waals surface area contributed by atoms with Gasteiger partial charge in [0.2, 0.25) is 0 Å². The summed E-state index contributed by atoms with van der Waals surface area (Å²) in [5.74, 6) is 0. The standard InChI is InChI=1S/C4H8/c1-4(2)3/h1H2,2-3H3/i2+1. The smallest absolute Gasteiger partial charge is 0.0445 e. The summed E-state index contributed by atoms with van der Waals surface area (Å²) in [6.45, 7) is 7.50. The van der Waals surface area contributed by atoms with Gasteiger partial charge < -0.3 is 0 Å². The maximum absolute atomic E-state index is 3.56. The van der Waals surface area contributed by atoms with Crippen LogP contribution in [0.5, 0.6) is 0 Å². The highest BCUT2D eigenvalue weighted by atomic mass is 13.9. The Hall–Kier alpha value is -0.260. The predicted molar refractivity (Wildman–Crippen MR) is 20.5 cm³/mol. The summed E-state index contributed by atoms with van der Waals surface area (Å²) in [5.41, 5.74) is 1.17. The van der Waals surface area contributed by atoms with Gasteiger partial charge in [-0.15, -0.1) is 6.58 Å². The lowest BCUT2D eigenvalue weighted by molar-refractivity contribution is 1.42. The maximum Gasteiger partial charge on any atom is -0.0445 e. The van der Waals surface area contributed by atoms with Crippen LogP contribution in [-0.2, 0) is 0 Å². The van der Waals surface area contributed by atoms with E-state index in [1.165, 1.54) is 5.57 Å². The molecule has 0 fully saturated rings. The van der Waals surface area contributed by atoms with Crippen molar-refractivity contribution in [3.05, 3.63) is 12.2 Å². The van der Waals surface area contributed by atoms with Gasteiger partial charge in [0, 0.05) is 0 Å². The van der Waals surface area contributed by atoms with Crippen LogP contribution >= 0.6 is 0 Å². The first-order valence-electron chi connectivity index (χ1n) is 1.35. The molecule has 0 nitrogen and oxygen atoms in total. The fourth-order valence-corrected chi connectivity index (χ4v) is 0. The van der Waals surface area contributed by atoms with E-state index in [4.69, 9.17) is 0 Å². The first-order valence-corrected chi connectivity index (χ1v) is 1.35. The Balaban J connectivity index is 2.80. The molecule has 0 rings (SSSR count). The van der Waals surface area contributed by atoms with Gasteiger partial charge in [0.15, 0.2) is 0 Å². The van der Waals surface area contributed by atoms with Crippen LogP contribution in [0.3, 0.4) is 0 Å². The number of rotatable bonds is 0. The van der Waals surface area contributed by atoms with E-state index in [9.17, 15) is 0 Å². The molecule has 0 aromatic heterocycles. The Kier molecular flexibility index (Phi) is 1.03. The van der Waals surface area contributed by atoms with Crippen molar-refractivity contribution in [3.63, 3.8) is 0 Å². The van der Waals surface area contributed by atoms with Crippen molar-refractivity contribution in [1.29, 1.82) is 0 Å². The molecule has 0 N–H and O–H groups in total. The minimum absolute atomic E-state index is 1.17. The number of hydrogen-bond donors (Lipinski definition) is 0. The molecule has 0 unspecified atom stereocenters. The molecule has 24 valence electrons. The van der Waals surface area contributed by atoms with Gasteiger partial charge in [0.25, 0.3) is 0 Å². The molecule has 0 saturated heterocycles.